The van der Waals surface area contributed by atoms with E-state index in [-0.39, 0.29) is 6.04 Å². The Labute approximate surface area is 115 Å². The number of nitrogens with two attached hydrogens (primary N) is 1. The van der Waals surface area contributed by atoms with Crippen LogP contribution in [0.3, 0.4) is 0 Å². The summed E-state index contributed by atoms with van der Waals surface area (Å²) in [6.07, 6.45) is 0.894. The van der Waals surface area contributed by atoms with E-state index in [0.29, 0.717) is 0 Å². The predicted octanol–water partition coefficient (Wildman–Crippen LogP) is 2.75. The quantitative estimate of drug-likeness (QED) is 0.915. The van der Waals surface area contributed by atoms with E-state index >= 15 is 0 Å². The molecule has 1 heterocycles. The maximum absolute atomic E-state index is 5.91. The minimum absolute atomic E-state index is 0.175. The Morgan fingerprint density at radius 2 is 2.00 bits per heavy atom. The first-order valence-corrected chi connectivity index (χ1v) is 6.81. The van der Waals surface area contributed by atoms with Crippen molar-refractivity contribution in [2.75, 3.05) is 0 Å². The highest BCUT2D eigenvalue weighted by molar-refractivity contribution is 5.28. The van der Waals surface area contributed by atoms with Crippen LogP contribution in [0.25, 0.3) is 0 Å². The lowest BCUT2D eigenvalue weighted by Crippen LogP contribution is -2.18. The van der Waals surface area contributed by atoms with Gasteiger partial charge in [0.25, 0.3) is 0 Å². The third-order valence-electron chi connectivity index (χ3n) is 3.47. The van der Waals surface area contributed by atoms with Crippen molar-refractivity contribution in [2.24, 2.45) is 5.73 Å². The first-order valence-electron chi connectivity index (χ1n) is 6.81. The summed E-state index contributed by atoms with van der Waals surface area (Å²) in [6.45, 7) is 9.18. The molecule has 19 heavy (non-hydrogen) atoms. The maximum Gasteiger partial charge on any atom is 0.0662 e. The number of nitrogens with zero attached hydrogens (tertiary/aromatic N) is 2. The smallest absolute Gasteiger partial charge is 0.0662 e. The Bertz CT molecular complexity index is 567. The van der Waals surface area contributed by atoms with Gasteiger partial charge in [0.1, 0.15) is 0 Å². The van der Waals surface area contributed by atoms with E-state index in [1.54, 1.807) is 0 Å². The molecule has 0 aliphatic heterocycles. The van der Waals surface area contributed by atoms with Crippen LogP contribution in [0.5, 0.6) is 0 Å². The summed E-state index contributed by atoms with van der Waals surface area (Å²) in [7, 11) is 0. The van der Waals surface area contributed by atoms with E-state index in [1.165, 1.54) is 22.4 Å². The van der Waals surface area contributed by atoms with E-state index in [4.69, 9.17) is 5.73 Å². The molecule has 3 nitrogen and oxygen atoms in total. The second kappa shape index (κ2) is 5.57. The summed E-state index contributed by atoms with van der Waals surface area (Å²) in [6, 6.07) is 8.75. The molecular weight excluding hydrogens is 234 g/mol. The van der Waals surface area contributed by atoms with E-state index in [9.17, 15) is 0 Å². The standard InChI is InChI=1S/C16H23N3/c1-11-6-5-7-15(8-11)10-19-14(4)16(9-12(2)17)13(3)18-19/h5-8,12H,9-10,17H2,1-4H3. The Kier molecular flexibility index (Phi) is 4.05. The van der Waals surface area contributed by atoms with Gasteiger partial charge in [0.2, 0.25) is 0 Å². The number of hydrogen-bond acceptors (Lipinski definition) is 2. The number of benzene rings is 1. The highest BCUT2D eigenvalue weighted by Gasteiger charge is 2.13. The van der Waals surface area contributed by atoms with Crippen LogP contribution in [-0.2, 0) is 13.0 Å². The van der Waals surface area contributed by atoms with Gasteiger partial charge in [0.15, 0.2) is 0 Å². The highest BCUT2D eigenvalue weighted by atomic mass is 15.3. The molecular formula is C16H23N3. The molecule has 0 amide bonds. The Balaban J connectivity index is 2.26. The molecule has 3 heteroatoms. The van der Waals surface area contributed by atoms with Crippen molar-refractivity contribution in [1.29, 1.82) is 0 Å². The zero-order chi connectivity index (χ0) is 14.0. The second-order valence-corrected chi connectivity index (χ2v) is 5.48. The first kappa shape index (κ1) is 13.8. The third-order valence-corrected chi connectivity index (χ3v) is 3.47. The van der Waals surface area contributed by atoms with Crippen LogP contribution in [-0.4, -0.2) is 15.8 Å². The van der Waals surface area contributed by atoms with Gasteiger partial charge in [-0.1, -0.05) is 29.8 Å². The molecule has 1 aromatic heterocycles. The normalized spacial score (nSPS) is 12.7. The fourth-order valence-corrected chi connectivity index (χ4v) is 2.49. The number of aromatic nitrogens is 2. The summed E-state index contributed by atoms with van der Waals surface area (Å²) in [5, 5.41) is 4.65. The zero-order valence-corrected chi connectivity index (χ0v) is 12.3. The number of hydrogen-bond donors (Lipinski definition) is 1. The molecule has 0 aliphatic rings. The lowest BCUT2D eigenvalue weighted by atomic mass is 10.1. The second-order valence-electron chi connectivity index (χ2n) is 5.48. The van der Waals surface area contributed by atoms with Crippen molar-refractivity contribution in [2.45, 2.75) is 46.7 Å². The van der Waals surface area contributed by atoms with Crippen LogP contribution < -0.4 is 5.73 Å². The van der Waals surface area contributed by atoms with Crippen LogP contribution in [0.4, 0.5) is 0 Å². The molecule has 1 aromatic carbocycles. The molecule has 1 atom stereocenters. The summed E-state index contributed by atoms with van der Waals surface area (Å²) >= 11 is 0. The highest BCUT2D eigenvalue weighted by Crippen LogP contribution is 2.16. The van der Waals surface area contributed by atoms with Gasteiger partial charge in [0.05, 0.1) is 12.2 Å². The van der Waals surface area contributed by atoms with Crippen LogP contribution in [0.2, 0.25) is 0 Å². The largest absolute Gasteiger partial charge is 0.328 e. The molecule has 2 aromatic rings. The summed E-state index contributed by atoms with van der Waals surface area (Å²) < 4.78 is 2.09. The van der Waals surface area contributed by atoms with E-state index < -0.39 is 0 Å². The van der Waals surface area contributed by atoms with Gasteiger partial charge in [-0.2, -0.15) is 5.10 Å². The van der Waals surface area contributed by atoms with Gasteiger partial charge < -0.3 is 5.73 Å². The molecule has 102 valence electrons. The van der Waals surface area contributed by atoms with Crippen LogP contribution in [0.1, 0.15) is 35.0 Å². The van der Waals surface area contributed by atoms with Gasteiger partial charge in [-0.15, -0.1) is 0 Å². The van der Waals surface area contributed by atoms with Crippen LogP contribution in [0, 0.1) is 20.8 Å². The van der Waals surface area contributed by atoms with Crippen LogP contribution in [0.15, 0.2) is 24.3 Å². The average molecular weight is 257 g/mol. The molecule has 2 N–H and O–H groups in total. The minimum Gasteiger partial charge on any atom is -0.328 e. The van der Waals surface area contributed by atoms with E-state index in [2.05, 4.69) is 54.8 Å². The Hall–Kier alpha value is -1.61. The number of aryl methyl sites for hydroxylation is 2. The van der Waals surface area contributed by atoms with Gasteiger partial charge in [-0.3, -0.25) is 4.68 Å². The fourth-order valence-electron chi connectivity index (χ4n) is 2.49. The summed E-state index contributed by atoms with van der Waals surface area (Å²) in [5.74, 6) is 0. The molecule has 0 saturated heterocycles. The molecule has 0 fully saturated rings. The van der Waals surface area contributed by atoms with Crippen LogP contribution >= 0.6 is 0 Å². The van der Waals surface area contributed by atoms with Crippen molar-refractivity contribution in [3.63, 3.8) is 0 Å². The SMILES string of the molecule is Cc1cccc(Cn2nc(C)c(CC(C)N)c2C)c1. The minimum atomic E-state index is 0.175. The predicted molar refractivity (Wildman–Crippen MR) is 79.3 cm³/mol. The topological polar surface area (TPSA) is 43.8 Å². The first-order chi connectivity index (χ1) is 8.97. The fraction of sp³-hybridized carbons (Fsp3) is 0.438. The zero-order valence-electron chi connectivity index (χ0n) is 12.3. The monoisotopic (exact) mass is 257 g/mol. The van der Waals surface area contributed by atoms with Crippen molar-refractivity contribution in [3.05, 3.63) is 52.3 Å². The number of rotatable bonds is 4. The molecule has 2 rings (SSSR count). The molecule has 0 aliphatic carbocycles. The maximum atomic E-state index is 5.91. The lowest BCUT2D eigenvalue weighted by molar-refractivity contribution is 0.655. The van der Waals surface area contributed by atoms with Gasteiger partial charge in [-0.05, 0) is 45.2 Å². The Morgan fingerprint density at radius 1 is 1.26 bits per heavy atom. The average Bonchev–Trinajstić information content (AvgIpc) is 2.57. The molecule has 1 unspecified atom stereocenters. The Morgan fingerprint density at radius 3 is 2.63 bits per heavy atom. The molecule has 0 bridgehead atoms. The van der Waals surface area contributed by atoms with E-state index in [1.807, 2.05) is 6.92 Å². The lowest BCUT2D eigenvalue weighted by Gasteiger charge is -2.08. The molecule has 0 saturated carbocycles. The van der Waals surface area contributed by atoms with Crippen molar-refractivity contribution in [1.82, 2.24) is 9.78 Å². The summed E-state index contributed by atoms with van der Waals surface area (Å²) in [5.41, 5.74) is 12.1. The van der Waals surface area contributed by atoms with Crippen molar-refractivity contribution in [3.8, 4) is 0 Å². The molecule has 0 spiro atoms. The molecule has 0 radical (unpaired) electrons. The van der Waals surface area contributed by atoms with Gasteiger partial charge >= 0.3 is 0 Å². The third kappa shape index (κ3) is 3.24. The van der Waals surface area contributed by atoms with Gasteiger partial charge in [-0.25, -0.2) is 0 Å². The summed E-state index contributed by atoms with van der Waals surface area (Å²) in [4.78, 5) is 0. The van der Waals surface area contributed by atoms with Gasteiger partial charge in [0, 0.05) is 11.7 Å². The van der Waals surface area contributed by atoms with Crippen molar-refractivity contribution < 1.29 is 0 Å². The van der Waals surface area contributed by atoms with E-state index in [0.717, 1.165) is 18.7 Å². The van der Waals surface area contributed by atoms with Crippen molar-refractivity contribution >= 4 is 0 Å².